The summed E-state index contributed by atoms with van der Waals surface area (Å²) in [7, 11) is 0. The summed E-state index contributed by atoms with van der Waals surface area (Å²) in [5, 5.41) is 12.5. The van der Waals surface area contributed by atoms with Crippen molar-refractivity contribution in [3.63, 3.8) is 0 Å². The molecule has 0 aromatic heterocycles. The Kier molecular flexibility index (Phi) is 2.46. The molecule has 4 bridgehead atoms. The van der Waals surface area contributed by atoms with Crippen molar-refractivity contribution in [2.24, 2.45) is 29.6 Å². The fourth-order valence-corrected chi connectivity index (χ4v) is 7.89. The van der Waals surface area contributed by atoms with Crippen molar-refractivity contribution in [1.29, 1.82) is 0 Å². The highest BCUT2D eigenvalue weighted by molar-refractivity contribution is 5.35. The van der Waals surface area contributed by atoms with Gasteiger partial charge in [-0.25, -0.2) is 0 Å². The molecular weight excluding hydrogens is 282 g/mol. The monoisotopic (exact) mass is 309 g/mol. The van der Waals surface area contributed by atoms with Crippen molar-refractivity contribution in [3.8, 4) is 0 Å². The van der Waals surface area contributed by atoms with Crippen molar-refractivity contribution >= 4 is 0 Å². The summed E-state index contributed by atoms with van der Waals surface area (Å²) in [6, 6.07) is 10.8. The van der Waals surface area contributed by atoms with Crippen LogP contribution in [-0.4, -0.2) is 28.6 Å². The van der Waals surface area contributed by atoms with E-state index in [1.807, 2.05) is 0 Å². The smallest absolute Gasteiger partial charge is 0.111 e. The second kappa shape index (κ2) is 4.21. The van der Waals surface area contributed by atoms with E-state index in [-0.39, 0.29) is 5.54 Å². The molecule has 2 aliphatic heterocycles. The van der Waals surface area contributed by atoms with Gasteiger partial charge in [0.2, 0.25) is 0 Å². The summed E-state index contributed by atoms with van der Waals surface area (Å²) in [5.41, 5.74) is 0.636. The molecule has 7 rings (SSSR count). The molecule has 1 aromatic rings. The van der Waals surface area contributed by atoms with Crippen LogP contribution in [0.1, 0.15) is 44.1 Å². The first kappa shape index (κ1) is 13.4. The van der Waals surface area contributed by atoms with E-state index >= 15 is 0 Å². The lowest BCUT2D eigenvalue weighted by Gasteiger charge is -2.52. The molecule has 6 atom stereocenters. The molecule has 2 heteroatoms. The van der Waals surface area contributed by atoms with Crippen LogP contribution in [0.5, 0.6) is 0 Å². The molecule has 6 aliphatic rings. The second-order valence-electron chi connectivity index (χ2n) is 9.02. The van der Waals surface area contributed by atoms with Gasteiger partial charge >= 0.3 is 0 Å². The molecule has 1 N–H and O–H groups in total. The number of rotatable bonds is 3. The van der Waals surface area contributed by atoms with Crippen LogP contribution in [0, 0.1) is 29.6 Å². The minimum atomic E-state index is -0.614. The van der Waals surface area contributed by atoms with Crippen LogP contribution < -0.4 is 0 Å². The third-order valence-corrected chi connectivity index (χ3v) is 8.52. The topological polar surface area (TPSA) is 23.5 Å². The first-order valence-corrected chi connectivity index (χ1v) is 9.79. The maximum absolute atomic E-state index is 12.5. The largest absolute Gasteiger partial charge is 0.383 e. The quantitative estimate of drug-likeness (QED) is 0.925. The van der Waals surface area contributed by atoms with Crippen molar-refractivity contribution in [1.82, 2.24) is 4.90 Å². The van der Waals surface area contributed by atoms with E-state index in [9.17, 15) is 5.11 Å². The van der Waals surface area contributed by atoms with Crippen LogP contribution >= 0.6 is 0 Å². The van der Waals surface area contributed by atoms with Gasteiger partial charge in [0.25, 0.3) is 0 Å². The molecule has 23 heavy (non-hydrogen) atoms. The fraction of sp³-hybridized carbons (Fsp3) is 0.714. The van der Waals surface area contributed by atoms with E-state index < -0.39 is 5.60 Å². The SMILES string of the molecule is O[C@](c1ccccc1)([C@@H]1C2C[C@@H]3C1[C@@H]3C2)C12CCCN1CCC2. The zero-order valence-electron chi connectivity index (χ0n) is 13.8. The summed E-state index contributed by atoms with van der Waals surface area (Å²) in [5.74, 6) is 4.08. The number of fused-ring (bicyclic) bond motifs is 1. The maximum atomic E-state index is 12.5. The van der Waals surface area contributed by atoms with Crippen molar-refractivity contribution in [2.75, 3.05) is 13.1 Å². The lowest BCUT2D eigenvalue weighted by atomic mass is 9.63. The first-order valence-electron chi connectivity index (χ1n) is 9.79. The van der Waals surface area contributed by atoms with Gasteiger partial charge in [0.15, 0.2) is 0 Å². The van der Waals surface area contributed by atoms with Gasteiger partial charge in [-0.15, -0.1) is 0 Å². The number of aliphatic hydroxyl groups is 1. The summed E-state index contributed by atoms with van der Waals surface area (Å²) in [4.78, 5) is 2.67. The summed E-state index contributed by atoms with van der Waals surface area (Å²) < 4.78 is 0. The molecule has 0 radical (unpaired) electrons. The van der Waals surface area contributed by atoms with Gasteiger partial charge in [-0.05, 0) is 86.8 Å². The van der Waals surface area contributed by atoms with Gasteiger partial charge < -0.3 is 5.11 Å². The Morgan fingerprint density at radius 1 is 1.00 bits per heavy atom. The number of hydrogen-bond acceptors (Lipinski definition) is 2. The van der Waals surface area contributed by atoms with Gasteiger partial charge in [-0.2, -0.15) is 0 Å². The molecule has 0 amide bonds. The average Bonchev–Trinajstić information content (AvgIpc) is 3.19. The minimum absolute atomic E-state index is 0.0314. The van der Waals surface area contributed by atoms with Gasteiger partial charge in [-0.3, -0.25) is 4.90 Å². The number of hydrogen-bond donors (Lipinski definition) is 1. The normalized spacial score (nSPS) is 45.2. The highest BCUT2D eigenvalue weighted by atomic mass is 16.3. The Balaban J connectivity index is 1.54. The summed E-state index contributed by atoms with van der Waals surface area (Å²) in [6.45, 7) is 2.40. The standard InChI is InChI=1S/C21H27NO/c23-21(15-6-2-1-3-7-15,19-14-12-16-17(13-14)18(16)19)20-8-4-10-22(20)11-5-9-20/h1-3,6-7,14,16-19,23H,4-5,8-13H2/t14?,16-,17+,18?,19-,21-/m1/s1. The predicted octanol–water partition coefficient (Wildman–Crippen LogP) is 3.40. The Labute approximate surface area is 138 Å². The molecule has 6 fully saturated rings. The molecule has 2 nitrogen and oxygen atoms in total. The Morgan fingerprint density at radius 3 is 2.22 bits per heavy atom. The van der Waals surface area contributed by atoms with E-state index in [1.165, 1.54) is 57.2 Å². The summed E-state index contributed by atoms with van der Waals surface area (Å²) in [6.07, 6.45) is 7.75. The molecule has 0 spiro atoms. The Hall–Kier alpha value is -0.860. The fourth-order valence-electron chi connectivity index (χ4n) is 7.89. The average molecular weight is 309 g/mol. The first-order chi connectivity index (χ1) is 11.3. The van der Waals surface area contributed by atoms with Gasteiger partial charge in [0.05, 0.1) is 5.54 Å². The number of benzene rings is 1. The van der Waals surface area contributed by atoms with Crippen molar-refractivity contribution in [3.05, 3.63) is 35.9 Å². The zero-order chi connectivity index (χ0) is 15.2. The molecular formula is C21H27NO. The van der Waals surface area contributed by atoms with Crippen LogP contribution in [0.3, 0.4) is 0 Å². The van der Waals surface area contributed by atoms with Crippen molar-refractivity contribution in [2.45, 2.75) is 49.7 Å². The highest BCUT2D eigenvalue weighted by Gasteiger charge is 2.76. The van der Waals surface area contributed by atoms with E-state index in [0.717, 1.165) is 23.7 Å². The third-order valence-electron chi connectivity index (χ3n) is 8.52. The molecule has 1 aromatic carbocycles. The summed E-state index contributed by atoms with van der Waals surface area (Å²) >= 11 is 0. The lowest BCUT2D eigenvalue weighted by molar-refractivity contribution is -0.141. The van der Waals surface area contributed by atoms with E-state index in [4.69, 9.17) is 0 Å². The predicted molar refractivity (Wildman–Crippen MR) is 89.8 cm³/mol. The van der Waals surface area contributed by atoms with Crippen LogP contribution in [0.2, 0.25) is 0 Å². The molecule has 122 valence electrons. The van der Waals surface area contributed by atoms with E-state index in [2.05, 4.69) is 35.2 Å². The molecule has 4 aliphatic carbocycles. The van der Waals surface area contributed by atoms with Gasteiger partial charge in [0, 0.05) is 0 Å². The van der Waals surface area contributed by atoms with Crippen LogP contribution in [0.4, 0.5) is 0 Å². The van der Waals surface area contributed by atoms with Gasteiger partial charge in [0.1, 0.15) is 5.60 Å². The number of nitrogens with zero attached hydrogens (tertiary/aromatic N) is 1. The Bertz CT molecular complexity index is 619. The highest BCUT2D eigenvalue weighted by Crippen LogP contribution is 2.78. The van der Waals surface area contributed by atoms with Crippen LogP contribution in [-0.2, 0) is 5.60 Å². The minimum Gasteiger partial charge on any atom is -0.383 e. The second-order valence-corrected chi connectivity index (χ2v) is 9.02. The zero-order valence-corrected chi connectivity index (χ0v) is 13.8. The Morgan fingerprint density at radius 2 is 1.65 bits per heavy atom. The molecule has 2 unspecified atom stereocenters. The molecule has 2 heterocycles. The lowest BCUT2D eigenvalue weighted by Crippen LogP contribution is -2.60. The van der Waals surface area contributed by atoms with E-state index in [0.29, 0.717) is 5.92 Å². The molecule has 4 saturated carbocycles. The van der Waals surface area contributed by atoms with Gasteiger partial charge in [-0.1, -0.05) is 30.3 Å². The van der Waals surface area contributed by atoms with Crippen molar-refractivity contribution < 1.29 is 5.11 Å². The van der Waals surface area contributed by atoms with E-state index in [1.54, 1.807) is 0 Å². The van der Waals surface area contributed by atoms with Crippen LogP contribution in [0.15, 0.2) is 30.3 Å². The maximum Gasteiger partial charge on any atom is 0.111 e. The van der Waals surface area contributed by atoms with Crippen LogP contribution in [0.25, 0.3) is 0 Å². The molecule has 2 saturated heterocycles. The third kappa shape index (κ3) is 1.41.